The molecule has 2 heterocycles. The fourth-order valence-electron chi connectivity index (χ4n) is 2.00. The molecule has 0 saturated carbocycles. The third-order valence-corrected chi connectivity index (χ3v) is 3.05. The van der Waals surface area contributed by atoms with E-state index in [1.165, 1.54) is 0 Å². The molecule has 0 saturated heterocycles. The van der Waals surface area contributed by atoms with E-state index >= 15 is 0 Å². The molecule has 0 bridgehead atoms. The highest BCUT2D eigenvalue weighted by Crippen LogP contribution is 2.10. The zero-order chi connectivity index (χ0) is 18.1. The Bertz CT molecular complexity index is 709. The Balaban J connectivity index is 1.69. The second-order valence-electron chi connectivity index (χ2n) is 5.26. The number of aryl methyl sites for hydroxylation is 2. The smallest absolute Gasteiger partial charge is 0.317 e. The van der Waals surface area contributed by atoms with Gasteiger partial charge >= 0.3 is 6.01 Å². The van der Waals surface area contributed by atoms with E-state index in [4.69, 9.17) is 4.74 Å². The van der Waals surface area contributed by atoms with Crippen LogP contribution in [0.2, 0.25) is 0 Å². The van der Waals surface area contributed by atoms with Crippen molar-refractivity contribution >= 4 is 17.5 Å². The molecule has 0 radical (unpaired) electrons. The van der Waals surface area contributed by atoms with Crippen LogP contribution in [-0.4, -0.2) is 52.1 Å². The van der Waals surface area contributed by atoms with Crippen LogP contribution in [0.25, 0.3) is 0 Å². The number of amides is 1. The first-order chi connectivity index (χ1) is 12.1. The molecular formula is C16H23N7O2. The van der Waals surface area contributed by atoms with Gasteiger partial charge in [0, 0.05) is 37.6 Å². The van der Waals surface area contributed by atoms with Crippen molar-refractivity contribution in [3.05, 3.63) is 29.8 Å². The molecule has 0 aliphatic carbocycles. The Kier molecular flexibility index (Phi) is 6.87. The quantitative estimate of drug-likeness (QED) is 0.575. The molecule has 0 aliphatic heterocycles. The fourth-order valence-corrected chi connectivity index (χ4v) is 2.00. The van der Waals surface area contributed by atoms with E-state index in [0.717, 1.165) is 18.1 Å². The van der Waals surface area contributed by atoms with Gasteiger partial charge in [-0.2, -0.15) is 0 Å². The molecule has 0 aromatic carbocycles. The van der Waals surface area contributed by atoms with E-state index in [9.17, 15) is 4.79 Å². The van der Waals surface area contributed by atoms with Crippen LogP contribution in [0.3, 0.4) is 0 Å². The standard InChI is InChI=1S/C16H23N7O2/c1-4-17-13-9-14(23-12(3)22-13)18-7-8-19-15(24)10-25-16-20-6-5-11(2)21-16/h5-6,9H,4,7-8,10H2,1-3H3,(H,19,24)(H2,17,18,22,23). The van der Waals surface area contributed by atoms with Gasteiger partial charge in [-0.25, -0.2) is 19.9 Å². The zero-order valence-electron chi connectivity index (χ0n) is 14.7. The molecule has 2 aromatic rings. The van der Waals surface area contributed by atoms with Gasteiger partial charge in [-0.05, 0) is 26.8 Å². The maximum atomic E-state index is 11.8. The zero-order valence-corrected chi connectivity index (χ0v) is 14.7. The molecule has 2 aromatic heterocycles. The number of anilines is 2. The molecule has 3 N–H and O–H groups in total. The van der Waals surface area contributed by atoms with Gasteiger partial charge in [-0.1, -0.05) is 0 Å². The van der Waals surface area contributed by atoms with Crippen molar-refractivity contribution in [1.29, 1.82) is 0 Å². The number of ether oxygens (including phenoxy) is 1. The van der Waals surface area contributed by atoms with Crippen molar-refractivity contribution in [3.63, 3.8) is 0 Å². The molecule has 134 valence electrons. The highest BCUT2D eigenvalue weighted by Gasteiger charge is 2.05. The number of rotatable bonds is 9. The second-order valence-corrected chi connectivity index (χ2v) is 5.26. The summed E-state index contributed by atoms with van der Waals surface area (Å²) < 4.78 is 5.24. The van der Waals surface area contributed by atoms with Crippen LogP contribution in [0.15, 0.2) is 18.3 Å². The van der Waals surface area contributed by atoms with Crippen LogP contribution in [-0.2, 0) is 4.79 Å². The lowest BCUT2D eigenvalue weighted by Gasteiger charge is -2.10. The summed E-state index contributed by atoms with van der Waals surface area (Å²) >= 11 is 0. The van der Waals surface area contributed by atoms with E-state index < -0.39 is 0 Å². The van der Waals surface area contributed by atoms with Crippen LogP contribution in [0, 0.1) is 13.8 Å². The van der Waals surface area contributed by atoms with E-state index in [0.29, 0.717) is 24.7 Å². The average molecular weight is 345 g/mol. The van der Waals surface area contributed by atoms with Crippen molar-refractivity contribution in [1.82, 2.24) is 25.3 Å². The topological polar surface area (TPSA) is 114 Å². The minimum absolute atomic E-state index is 0.124. The van der Waals surface area contributed by atoms with E-state index in [1.807, 2.05) is 26.8 Å². The Morgan fingerprint density at radius 1 is 1.12 bits per heavy atom. The number of carbonyl (C=O) groups excluding carboxylic acids is 1. The highest BCUT2D eigenvalue weighted by atomic mass is 16.5. The van der Waals surface area contributed by atoms with Crippen molar-refractivity contribution in [2.75, 3.05) is 36.9 Å². The molecule has 9 nitrogen and oxygen atoms in total. The number of hydrogen-bond acceptors (Lipinski definition) is 8. The summed E-state index contributed by atoms with van der Waals surface area (Å²) in [5.41, 5.74) is 0.784. The number of carbonyl (C=O) groups is 1. The first-order valence-electron chi connectivity index (χ1n) is 8.09. The predicted octanol–water partition coefficient (Wildman–Crippen LogP) is 0.922. The van der Waals surface area contributed by atoms with Crippen molar-refractivity contribution in [2.45, 2.75) is 20.8 Å². The van der Waals surface area contributed by atoms with Crippen LogP contribution in [0.4, 0.5) is 11.6 Å². The van der Waals surface area contributed by atoms with E-state index in [2.05, 4.69) is 35.9 Å². The Morgan fingerprint density at radius 3 is 2.60 bits per heavy atom. The van der Waals surface area contributed by atoms with Gasteiger partial charge in [-0.3, -0.25) is 4.79 Å². The molecule has 0 atom stereocenters. The monoisotopic (exact) mass is 345 g/mol. The van der Waals surface area contributed by atoms with E-state index in [1.54, 1.807) is 12.3 Å². The lowest BCUT2D eigenvalue weighted by Crippen LogP contribution is -2.33. The summed E-state index contributed by atoms with van der Waals surface area (Å²) in [6.07, 6.45) is 1.59. The minimum Gasteiger partial charge on any atom is -0.453 e. The Morgan fingerprint density at radius 2 is 1.88 bits per heavy atom. The van der Waals surface area contributed by atoms with Gasteiger partial charge in [0.25, 0.3) is 5.91 Å². The molecule has 2 rings (SSSR count). The van der Waals surface area contributed by atoms with Crippen LogP contribution in [0.1, 0.15) is 18.4 Å². The van der Waals surface area contributed by atoms with Gasteiger partial charge in [0.2, 0.25) is 0 Å². The summed E-state index contributed by atoms with van der Waals surface area (Å²) in [4.78, 5) is 28.3. The number of hydrogen-bond donors (Lipinski definition) is 3. The predicted molar refractivity (Wildman–Crippen MR) is 94.7 cm³/mol. The Hall–Kier alpha value is -2.97. The molecule has 1 amide bonds. The van der Waals surface area contributed by atoms with Gasteiger partial charge in [-0.15, -0.1) is 0 Å². The van der Waals surface area contributed by atoms with Gasteiger partial charge in [0.05, 0.1) is 0 Å². The first kappa shape index (κ1) is 18.4. The van der Waals surface area contributed by atoms with Crippen LogP contribution >= 0.6 is 0 Å². The molecular weight excluding hydrogens is 322 g/mol. The van der Waals surface area contributed by atoms with Gasteiger partial charge in [0.1, 0.15) is 17.5 Å². The van der Waals surface area contributed by atoms with Gasteiger partial charge in [0.15, 0.2) is 6.61 Å². The number of aromatic nitrogens is 4. The lowest BCUT2D eigenvalue weighted by molar-refractivity contribution is -0.123. The molecule has 0 unspecified atom stereocenters. The highest BCUT2D eigenvalue weighted by molar-refractivity contribution is 5.77. The van der Waals surface area contributed by atoms with Gasteiger partial charge < -0.3 is 20.7 Å². The fraction of sp³-hybridized carbons (Fsp3) is 0.438. The molecule has 0 fully saturated rings. The van der Waals surface area contributed by atoms with Crippen molar-refractivity contribution < 1.29 is 9.53 Å². The maximum absolute atomic E-state index is 11.8. The summed E-state index contributed by atoms with van der Waals surface area (Å²) in [7, 11) is 0. The van der Waals surface area contributed by atoms with E-state index in [-0.39, 0.29) is 18.5 Å². The summed E-state index contributed by atoms with van der Waals surface area (Å²) in [6, 6.07) is 3.78. The third-order valence-electron chi connectivity index (χ3n) is 3.05. The minimum atomic E-state index is -0.237. The van der Waals surface area contributed by atoms with Crippen LogP contribution < -0.4 is 20.7 Å². The average Bonchev–Trinajstić information content (AvgIpc) is 2.57. The second kappa shape index (κ2) is 9.36. The molecule has 0 spiro atoms. The number of nitrogens with zero attached hydrogens (tertiary/aromatic N) is 4. The van der Waals surface area contributed by atoms with Crippen molar-refractivity contribution in [3.8, 4) is 6.01 Å². The Labute approximate surface area is 146 Å². The molecule has 25 heavy (non-hydrogen) atoms. The summed E-state index contributed by atoms with van der Waals surface area (Å²) in [6.45, 7) is 7.31. The van der Waals surface area contributed by atoms with Crippen molar-refractivity contribution in [2.24, 2.45) is 0 Å². The first-order valence-corrected chi connectivity index (χ1v) is 8.09. The SMILES string of the molecule is CCNc1cc(NCCNC(=O)COc2nccc(C)n2)nc(C)n1. The normalized spacial score (nSPS) is 10.2. The largest absolute Gasteiger partial charge is 0.453 e. The maximum Gasteiger partial charge on any atom is 0.317 e. The third kappa shape index (κ3) is 6.58. The van der Waals surface area contributed by atoms with Crippen LogP contribution in [0.5, 0.6) is 6.01 Å². The summed E-state index contributed by atoms with van der Waals surface area (Å²) in [5, 5.41) is 9.05. The number of nitrogens with one attached hydrogen (secondary N) is 3. The lowest BCUT2D eigenvalue weighted by atomic mass is 10.4. The summed E-state index contributed by atoms with van der Waals surface area (Å²) in [5.74, 6) is 1.92. The molecule has 9 heteroatoms. The molecule has 0 aliphatic rings.